The van der Waals surface area contributed by atoms with Crippen molar-refractivity contribution >= 4 is 50.7 Å². The summed E-state index contributed by atoms with van der Waals surface area (Å²) >= 11 is 14.9. The van der Waals surface area contributed by atoms with Crippen LogP contribution >= 0.6 is 39.1 Å². The van der Waals surface area contributed by atoms with Crippen molar-refractivity contribution in [1.82, 2.24) is 9.97 Å². The molecule has 2 rings (SSSR count). The average molecular weight is 361 g/mol. The summed E-state index contributed by atoms with van der Waals surface area (Å²) in [5.41, 5.74) is 1.40. The highest BCUT2D eigenvalue weighted by Crippen LogP contribution is 2.25. The van der Waals surface area contributed by atoms with E-state index in [0.717, 1.165) is 4.47 Å². The molecule has 0 aliphatic heterocycles. The lowest BCUT2D eigenvalue weighted by atomic mass is 10.3. The van der Waals surface area contributed by atoms with Crippen LogP contribution in [0.15, 0.2) is 28.7 Å². The van der Waals surface area contributed by atoms with Gasteiger partial charge in [-0.15, -0.1) is 0 Å². The molecule has 0 saturated heterocycles. The number of aromatic nitrogens is 2. The second-order valence-electron chi connectivity index (χ2n) is 3.75. The number of rotatable bonds is 2. The first-order valence-corrected chi connectivity index (χ1v) is 6.78. The smallest absolute Gasteiger partial charge is 0.274 e. The summed E-state index contributed by atoms with van der Waals surface area (Å²) in [5.74, 6) is -0.370. The van der Waals surface area contributed by atoms with Crippen LogP contribution in [-0.4, -0.2) is 15.9 Å². The van der Waals surface area contributed by atoms with E-state index in [1.807, 2.05) is 0 Å². The van der Waals surface area contributed by atoms with E-state index in [1.54, 1.807) is 31.2 Å². The number of halogens is 3. The van der Waals surface area contributed by atoms with Crippen molar-refractivity contribution in [1.29, 1.82) is 0 Å². The zero-order valence-corrected chi connectivity index (χ0v) is 12.8. The van der Waals surface area contributed by atoms with Crippen LogP contribution in [0.5, 0.6) is 0 Å². The number of hydrogen-bond donors (Lipinski definition) is 1. The summed E-state index contributed by atoms with van der Waals surface area (Å²) in [6, 6.07) is 6.67. The van der Waals surface area contributed by atoms with E-state index in [9.17, 15) is 4.79 Å². The molecule has 4 nitrogen and oxygen atoms in total. The van der Waals surface area contributed by atoms with Gasteiger partial charge >= 0.3 is 0 Å². The Bertz CT molecular complexity index is 629. The number of nitrogens with one attached hydrogen (secondary N) is 1. The topological polar surface area (TPSA) is 54.9 Å². The van der Waals surface area contributed by atoms with Crippen LogP contribution in [-0.2, 0) is 0 Å². The van der Waals surface area contributed by atoms with Gasteiger partial charge < -0.3 is 5.32 Å². The Hall–Kier alpha value is -1.17. The fourth-order valence-corrected chi connectivity index (χ4v) is 2.07. The van der Waals surface area contributed by atoms with E-state index in [2.05, 4.69) is 31.2 Å². The highest BCUT2D eigenvalue weighted by atomic mass is 79.9. The molecule has 0 unspecified atom stereocenters. The molecule has 19 heavy (non-hydrogen) atoms. The van der Waals surface area contributed by atoms with Crippen LogP contribution < -0.4 is 5.32 Å². The molecule has 98 valence electrons. The minimum Gasteiger partial charge on any atom is -0.321 e. The molecule has 1 aromatic carbocycles. The van der Waals surface area contributed by atoms with Crippen LogP contribution in [0.2, 0.25) is 10.3 Å². The Kier molecular flexibility index (Phi) is 4.39. The Labute approximate surface area is 128 Å². The van der Waals surface area contributed by atoms with Gasteiger partial charge in [-0.25, -0.2) is 9.97 Å². The predicted molar refractivity (Wildman–Crippen MR) is 78.9 cm³/mol. The minimum absolute atomic E-state index is 0.0407. The molecule has 0 saturated carbocycles. The fraction of sp³-hybridized carbons (Fsp3) is 0.0833. The lowest BCUT2D eigenvalue weighted by molar-refractivity contribution is 0.102. The van der Waals surface area contributed by atoms with Crippen molar-refractivity contribution in [2.75, 3.05) is 5.32 Å². The number of anilines is 1. The molecule has 0 radical (unpaired) electrons. The van der Waals surface area contributed by atoms with Crippen LogP contribution in [0.4, 0.5) is 5.69 Å². The Morgan fingerprint density at radius 2 is 2.00 bits per heavy atom. The molecular weight excluding hydrogens is 353 g/mol. The summed E-state index contributed by atoms with van der Waals surface area (Å²) in [4.78, 5) is 19.8. The van der Waals surface area contributed by atoms with Crippen molar-refractivity contribution in [2.24, 2.45) is 0 Å². The predicted octanol–water partition coefficient (Wildman–Crippen LogP) is 4.11. The van der Waals surface area contributed by atoms with Crippen molar-refractivity contribution in [3.63, 3.8) is 0 Å². The van der Waals surface area contributed by atoms with Gasteiger partial charge in [0.15, 0.2) is 0 Å². The molecule has 0 atom stereocenters. The third-order valence-corrected chi connectivity index (χ3v) is 3.64. The second-order valence-corrected chi connectivity index (χ2v) is 5.35. The van der Waals surface area contributed by atoms with E-state index >= 15 is 0 Å². The highest BCUT2D eigenvalue weighted by Gasteiger charge is 2.10. The molecule has 0 fully saturated rings. The molecule has 2 aromatic rings. The fourth-order valence-electron chi connectivity index (χ4n) is 1.42. The number of benzene rings is 1. The second kappa shape index (κ2) is 5.86. The van der Waals surface area contributed by atoms with Crippen LogP contribution in [0.1, 0.15) is 16.2 Å². The summed E-state index contributed by atoms with van der Waals surface area (Å²) in [6.07, 6.45) is 0. The van der Waals surface area contributed by atoms with Crippen LogP contribution in [0.25, 0.3) is 0 Å². The monoisotopic (exact) mass is 359 g/mol. The van der Waals surface area contributed by atoms with Gasteiger partial charge in [0.2, 0.25) is 5.28 Å². The van der Waals surface area contributed by atoms with Crippen molar-refractivity contribution in [2.45, 2.75) is 6.92 Å². The van der Waals surface area contributed by atoms with E-state index < -0.39 is 0 Å². The Balaban J connectivity index is 2.22. The third-order valence-electron chi connectivity index (χ3n) is 2.24. The van der Waals surface area contributed by atoms with Crippen molar-refractivity contribution in [3.8, 4) is 0 Å². The number of hydrogen-bond acceptors (Lipinski definition) is 3. The first-order valence-electron chi connectivity index (χ1n) is 5.23. The number of carbonyl (C=O) groups is 1. The molecule has 1 aromatic heterocycles. The SMILES string of the molecule is Cc1cc(C(=O)Nc2ccc(Br)c(Cl)c2)nc(Cl)n1. The van der Waals surface area contributed by atoms with Gasteiger partial charge in [0.1, 0.15) is 5.69 Å². The van der Waals surface area contributed by atoms with Crippen LogP contribution in [0.3, 0.4) is 0 Å². The first-order chi connectivity index (χ1) is 8.95. The summed E-state index contributed by atoms with van der Waals surface area (Å²) < 4.78 is 0.757. The maximum atomic E-state index is 12.0. The molecule has 0 bridgehead atoms. The quantitative estimate of drug-likeness (QED) is 0.820. The van der Waals surface area contributed by atoms with Gasteiger partial charge in [-0.2, -0.15) is 0 Å². The number of amides is 1. The van der Waals surface area contributed by atoms with Crippen LogP contribution in [0, 0.1) is 6.92 Å². The molecule has 1 heterocycles. The van der Waals surface area contributed by atoms with Gasteiger partial charge in [-0.1, -0.05) is 11.6 Å². The number of aryl methyl sites for hydroxylation is 1. The van der Waals surface area contributed by atoms with Gasteiger partial charge in [0.05, 0.1) is 5.02 Å². The molecule has 1 amide bonds. The average Bonchev–Trinajstić information content (AvgIpc) is 2.32. The minimum atomic E-state index is -0.370. The molecule has 0 aliphatic rings. The third kappa shape index (κ3) is 3.65. The summed E-state index contributed by atoms with van der Waals surface area (Å²) in [6.45, 7) is 1.74. The van der Waals surface area contributed by atoms with E-state index in [1.165, 1.54) is 0 Å². The molecule has 0 spiro atoms. The molecule has 1 N–H and O–H groups in total. The Morgan fingerprint density at radius 3 is 2.63 bits per heavy atom. The van der Waals surface area contributed by atoms with E-state index in [-0.39, 0.29) is 16.9 Å². The zero-order valence-electron chi connectivity index (χ0n) is 9.75. The lowest BCUT2D eigenvalue weighted by Gasteiger charge is -2.06. The summed E-state index contributed by atoms with van der Waals surface area (Å²) in [5, 5.41) is 3.24. The first kappa shape index (κ1) is 14.2. The number of carbonyl (C=O) groups excluding carboxylic acids is 1. The largest absolute Gasteiger partial charge is 0.321 e. The van der Waals surface area contributed by atoms with Gasteiger partial charge in [-0.05, 0) is 58.7 Å². The molecule has 0 aliphatic carbocycles. The highest BCUT2D eigenvalue weighted by molar-refractivity contribution is 9.10. The Morgan fingerprint density at radius 1 is 1.26 bits per heavy atom. The normalized spacial score (nSPS) is 10.3. The van der Waals surface area contributed by atoms with Gasteiger partial charge in [0, 0.05) is 15.9 Å². The van der Waals surface area contributed by atoms with Gasteiger partial charge in [0.25, 0.3) is 5.91 Å². The lowest BCUT2D eigenvalue weighted by Crippen LogP contribution is -2.14. The molecule has 7 heteroatoms. The van der Waals surface area contributed by atoms with Crippen molar-refractivity contribution < 1.29 is 4.79 Å². The molecular formula is C12H8BrCl2N3O. The maximum Gasteiger partial charge on any atom is 0.274 e. The summed E-state index contributed by atoms with van der Waals surface area (Å²) in [7, 11) is 0. The standard InChI is InChI=1S/C12H8BrCl2N3O/c1-6-4-10(18-12(15)16-6)11(19)17-7-2-3-8(13)9(14)5-7/h2-5H,1H3,(H,17,19). The van der Waals surface area contributed by atoms with E-state index in [4.69, 9.17) is 23.2 Å². The van der Waals surface area contributed by atoms with Crippen molar-refractivity contribution in [3.05, 3.63) is 50.4 Å². The zero-order chi connectivity index (χ0) is 14.0. The maximum absolute atomic E-state index is 12.0. The van der Waals surface area contributed by atoms with E-state index in [0.29, 0.717) is 16.4 Å². The van der Waals surface area contributed by atoms with Gasteiger partial charge in [-0.3, -0.25) is 4.79 Å². The number of nitrogens with zero attached hydrogens (tertiary/aromatic N) is 2.